The number of hydrogen-bond acceptors (Lipinski definition) is 4. The average molecular weight is 304 g/mol. The third-order valence-electron chi connectivity index (χ3n) is 2.57. The van der Waals surface area contributed by atoms with Crippen molar-refractivity contribution in [1.29, 1.82) is 0 Å². The van der Waals surface area contributed by atoms with Crippen molar-refractivity contribution in [2.24, 2.45) is 7.05 Å². The fourth-order valence-electron chi connectivity index (χ4n) is 1.71. The summed E-state index contributed by atoms with van der Waals surface area (Å²) in [6, 6.07) is 9.82. The maximum absolute atomic E-state index is 4.44. The first-order chi connectivity index (χ1) is 8.74. The van der Waals surface area contributed by atoms with E-state index in [9.17, 15) is 0 Å². The quantitative estimate of drug-likeness (QED) is 0.791. The third-order valence-corrected chi connectivity index (χ3v) is 3.15. The van der Waals surface area contributed by atoms with Crippen molar-refractivity contribution in [2.45, 2.75) is 0 Å². The van der Waals surface area contributed by atoms with Crippen LogP contribution in [0.15, 0.2) is 41.1 Å². The van der Waals surface area contributed by atoms with E-state index in [0.717, 1.165) is 21.3 Å². The minimum atomic E-state index is 0.559. The fraction of sp³-hybridized carbons (Fsp3) is 0.0833. The number of rotatable bonds is 2. The molecule has 0 amide bonds. The zero-order valence-electron chi connectivity index (χ0n) is 9.63. The van der Waals surface area contributed by atoms with Gasteiger partial charge in [-0.3, -0.25) is 0 Å². The second-order valence-electron chi connectivity index (χ2n) is 3.84. The first kappa shape index (κ1) is 11.2. The van der Waals surface area contributed by atoms with Crippen LogP contribution in [0.2, 0.25) is 0 Å². The van der Waals surface area contributed by atoms with Crippen molar-refractivity contribution in [2.75, 3.05) is 5.32 Å². The predicted molar refractivity (Wildman–Crippen MR) is 73.7 cm³/mol. The standard InChI is InChI=1S/C12H10BrN5/c1-18-11-9(10(13)17-18)7-14-12(16-11)15-8-5-3-2-4-6-8/h2-7H,1H3,(H,14,15,16). The van der Waals surface area contributed by atoms with Crippen molar-refractivity contribution in [1.82, 2.24) is 19.7 Å². The summed E-state index contributed by atoms with van der Waals surface area (Å²) in [5, 5.41) is 8.29. The van der Waals surface area contributed by atoms with Crippen molar-refractivity contribution in [3.05, 3.63) is 41.1 Å². The summed E-state index contributed by atoms with van der Waals surface area (Å²) in [6.45, 7) is 0. The van der Waals surface area contributed by atoms with Gasteiger partial charge in [0, 0.05) is 18.9 Å². The molecule has 0 fully saturated rings. The van der Waals surface area contributed by atoms with Gasteiger partial charge in [-0.05, 0) is 28.1 Å². The molecule has 6 heteroatoms. The highest BCUT2D eigenvalue weighted by molar-refractivity contribution is 9.10. The molecule has 0 unspecified atom stereocenters. The molecule has 0 radical (unpaired) electrons. The molecule has 5 nitrogen and oxygen atoms in total. The van der Waals surface area contributed by atoms with Gasteiger partial charge in [0.25, 0.3) is 0 Å². The average Bonchev–Trinajstić information content (AvgIpc) is 2.66. The maximum atomic E-state index is 4.44. The summed E-state index contributed by atoms with van der Waals surface area (Å²) in [6.07, 6.45) is 1.75. The number of aryl methyl sites for hydroxylation is 1. The first-order valence-electron chi connectivity index (χ1n) is 5.41. The molecule has 1 aromatic carbocycles. The number of nitrogens with zero attached hydrogens (tertiary/aromatic N) is 4. The normalized spacial score (nSPS) is 10.8. The van der Waals surface area contributed by atoms with E-state index in [1.54, 1.807) is 10.9 Å². The molecule has 90 valence electrons. The van der Waals surface area contributed by atoms with Gasteiger partial charge < -0.3 is 5.32 Å². The Morgan fingerprint density at radius 1 is 1.22 bits per heavy atom. The lowest BCUT2D eigenvalue weighted by atomic mass is 10.3. The Labute approximate surface area is 112 Å². The number of benzene rings is 1. The van der Waals surface area contributed by atoms with Gasteiger partial charge >= 0.3 is 0 Å². The van der Waals surface area contributed by atoms with Gasteiger partial charge in [0.1, 0.15) is 4.60 Å². The number of nitrogens with one attached hydrogen (secondary N) is 1. The summed E-state index contributed by atoms with van der Waals surface area (Å²) >= 11 is 3.38. The number of fused-ring (bicyclic) bond motifs is 1. The van der Waals surface area contributed by atoms with Crippen LogP contribution in [-0.2, 0) is 7.05 Å². The van der Waals surface area contributed by atoms with Gasteiger partial charge in [-0.25, -0.2) is 9.67 Å². The smallest absolute Gasteiger partial charge is 0.229 e. The topological polar surface area (TPSA) is 55.6 Å². The maximum Gasteiger partial charge on any atom is 0.229 e. The summed E-state index contributed by atoms with van der Waals surface area (Å²) in [4.78, 5) is 8.71. The third kappa shape index (κ3) is 1.95. The Hall–Kier alpha value is -1.95. The molecule has 0 spiro atoms. The van der Waals surface area contributed by atoms with Gasteiger partial charge in [-0.15, -0.1) is 0 Å². The van der Waals surface area contributed by atoms with Gasteiger partial charge in [0.05, 0.1) is 5.39 Å². The van der Waals surface area contributed by atoms with Crippen molar-refractivity contribution >= 4 is 38.6 Å². The van der Waals surface area contributed by atoms with Gasteiger partial charge in [-0.1, -0.05) is 18.2 Å². The SMILES string of the molecule is Cn1nc(Br)c2cnc(Nc3ccccc3)nc21. The summed E-state index contributed by atoms with van der Waals surface area (Å²) < 4.78 is 2.48. The van der Waals surface area contributed by atoms with Crippen molar-refractivity contribution in [3.63, 3.8) is 0 Å². The zero-order chi connectivity index (χ0) is 12.5. The monoisotopic (exact) mass is 303 g/mol. The van der Waals surface area contributed by atoms with E-state index in [-0.39, 0.29) is 0 Å². The highest BCUT2D eigenvalue weighted by Gasteiger charge is 2.09. The Morgan fingerprint density at radius 3 is 2.78 bits per heavy atom. The van der Waals surface area contributed by atoms with Crippen LogP contribution in [0.3, 0.4) is 0 Å². The number of halogens is 1. The van der Waals surface area contributed by atoms with Crippen LogP contribution in [0, 0.1) is 0 Å². The summed E-state index contributed by atoms with van der Waals surface area (Å²) in [5.74, 6) is 0.559. The minimum Gasteiger partial charge on any atom is -0.324 e. The highest BCUT2D eigenvalue weighted by Crippen LogP contribution is 2.22. The lowest BCUT2D eigenvalue weighted by Gasteiger charge is -2.04. The lowest BCUT2D eigenvalue weighted by molar-refractivity contribution is 0.778. The Kier molecular flexibility index (Phi) is 2.71. The van der Waals surface area contributed by atoms with E-state index in [2.05, 4.69) is 36.3 Å². The van der Waals surface area contributed by atoms with Crippen LogP contribution < -0.4 is 5.32 Å². The second kappa shape index (κ2) is 4.38. The van der Waals surface area contributed by atoms with Crippen LogP contribution in [0.25, 0.3) is 11.0 Å². The summed E-state index contributed by atoms with van der Waals surface area (Å²) in [5.41, 5.74) is 1.74. The molecule has 2 heterocycles. The second-order valence-corrected chi connectivity index (χ2v) is 4.59. The highest BCUT2D eigenvalue weighted by atomic mass is 79.9. The molecule has 0 aliphatic heterocycles. The lowest BCUT2D eigenvalue weighted by Crippen LogP contribution is -1.99. The number of anilines is 2. The van der Waals surface area contributed by atoms with E-state index in [0.29, 0.717) is 5.95 Å². The number of para-hydroxylation sites is 1. The number of hydrogen-bond donors (Lipinski definition) is 1. The van der Waals surface area contributed by atoms with E-state index in [1.165, 1.54) is 0 Å². The minimum absolute atomic E-state index is 0.559. The van der Waals surface area contributed by atoms with E-state index >= 15 is 0 Å². The molecule has 0 bridgehead atoms. The fourth-order valence-corrected chi connectivity index (χ4v) is 2.23. The molecular formula is C12H10BrN5. The van der Waals surface area contributed by atoms with Crippen LogP contribution in [0.4, 0.5) is 11.6 Å². The van der Waals surface area contributed by atoms with Gasteiger partial charge in [0.15, 0.2) is 5.65 Å². The van der Waals surface area contributed by atoms with E-state index in [1.807, 2.05) is 37.4 Å². The van der Waals surface area contributed by atoms with Crippen LogP contribution >= 0.6 is 15.9 Å². The first-order valence-corrected chi connectivity index (χ1v) is 6.20. The van der Waals surface area contributed by atoms with Crippen LogP contribution in [0.5, 0.6) is 0 Å². The molecule has 0 saturated carbocycles. The summed E-state index contributed by atoms with van der Waals surface area (Å²) in [7, 11) is 1.85. The Balaban J connectivity index is 2.01. The number of aromatic nitrogens is 4. The molecule has 1 N–H and O–H groups in total. The van der Waals surface area contributed by atoms with Crippen molar-refractivity contribution in [3.8, 4) is 0 Å². The van der Waals surface area contributed by atoms with E-state index in [4.69, 9.17) is 0 Å². The Morgan fingerprint density at radius 2 is 2.00 bits per heavy atom. The van der Waals surface area contributed by atoms with Gasteiger partial charge in [0.2, 0.25) is 5.95 Å². The van der Waals surface area contributed by atoms with Gasteiger partial charge in [-0.2, -0.15) is 10.1 Å². The molecule has 0 saturated heterocycles. The van der Waals surface area contributed by atoms with Crippen molar-refractivity contribution < 1.29 is 0 Å². The van der Waals surface area contributed by atoms with Crippen LogP contribution in [-0.4, -0.2) is 19.7 Å². The molecule has 2 aromatic heterocycles. The van der Waals surface area contributed by atoms with E-state index < -0.39 is 0 Å². The molecule has 0 atom stereocenters. The molecule has 18 heavy (non-hydrogen) atoms. The molecule has 0 aliphatic carbocycles. The van der Waals surface area contributed by atoms with Crippen LogP contribution in [0.1, 0.15) is 0 Å². The predicted octanol–water partition coefficient (Wildman–Crippen LogP) is 2.87. The molecule has 3 aromatic rings. The largest absolute Gasteiger partial charge is 0.324 e. The Bertz CT molecular complexity index is 692. The molecule has 0 aliphatic rings. The molecule has 3 rings (SSSR count). The molecular weight excluding hydrogens is 294 g/mol. The zero-order valence-corrected chi connectivity index (χ0v) is 11.2.